The highest BCUT2D eigenvalue weighted by Gasteiger charge is 2.40. The van der Waals surface area contributed by atoms with Crippen LogP contribution in [0.2, 0.25) is 0 Å². The average Bonchev–Trinajstić information content (AvgIpc) is 3.71. The number of carbonyl (C=O) groups is 2. The van der Waals surface area contributed by atoms with E-state index in [4.69, 9.17) is 14.6 Å². The molecular weight excluding hydrogens is 614 g/mol. The topological polar surface area (TPSA) is 98.9 Å². The molecule has 1 amide bonds. The van der Waals surface area contributed by atoms with Crippen LogP contribution in [0.4, 0.5) is 5.69 Å². The van der Waals surface area contributed by atoms with Crippen molar-refractivity contribution in [2.24, 2.45) is 5.10 Å². The molecule has 2 heterocycles. The second-order valence-electron chi connectivity index (χ2n) is 12.4. The SMILES string of the molecule is CCCCCCCCCCCCOc1ccc(C2=NN(c3ccccc3)C(=O)C2n2nnc3cc(C(=O)Oc4ccccc4)ccc32)cc1. The number of anilines is 1. The standard InChI is InChI=1S/C40H43N5O4/c1-2-3-4-5-6-7-8-9-10-17-28-48-33-25-22-30(23-26-33)37-38(39(46)44(42-37)32-18-13-11-14-19-32)45-36-27-24-31(29-35(36)41-43-45)40(47)49-34-20-15-12-16-21-34/h11-16,18-27,29,38H,2-10,17,28H2,1H3. The Labute approximate surface area is 287 Å². The van der Waals surface area contributed by atoms with Crippen LogP contribution in [0, 0.1) is 0 Å². The van der Waals surface area contributed by atoms with Gasteiger partial charge in [0, 0.05) is 5.56 Å². The normalized spacial score (nSPS) is 14.3. The minimum Gasteiger partial charge on any atom is -0.494 e. The zero-order valence-corrected chi connectivity index (χ0v) is 28.0. The van der Waals surface area contributed by atoms with Crippen LogP contribution in [-0.2, 0) is 4.79 Å². The van der Waals surface area contributed by atoms with Gasteiger partial charge in [0.05, 0.1) is 23.4 Å². The number of benzene rings is 4. The minimum absolute atomic E-state index is 0.262. The fourth-order valence-corrected chi connectivity index (χ4v) is 6.05. The molecule has 0 spiro atoms. The van der Waals surface area contributed by atoms with Crippen LogP contribution in [0.1, 0.15) is 93.1 Å². The molecule has 0 N–H and O–H groups in total. The smallest absolute Gasteiger partial charge is 0.343 e. The summed E-state index contributed by atoms with van der Waals surface area (Å²) in [4.78, 5) is 26.9. The highest BCUT2D eigenvalue weighted by atomic mass is 16.5. The number of ether oxygens (including phenoxy) is 2. The van der Waals surface area contributed by atoms with Crippen molar-refractivity contribution < 1.29 is 19.1 Å². The van der Waals surface area contributed by atoms with Crippen LogP contribution in [0.25, 0.3) is 11.0 Å². The lowest BCUT2D eigenvalue weighted by Gasteiger charge is -2.15. The van der Waals surface area contributed by atoms with E-state index >= 15 is 0 Å². The number of hydrogen-bond donors (Lipinski definition) is 0. The maximum absolute atomic E-state index is 14.0. The number of hydrazone groups is 1. The molecule has 1 aliphatic rings. The predicted molar refractivity (Wildman–Crippen MR) is 192 cm³/mol. The molecule has 4 aromatic carbocycles. The van der Waals surface area contributed by atoms with Gasteiger partial charge in [-0.25, -0.2) is 9.48 Å². The van der Waals surface area contributed by atoms with Crippen molar-refractivity contribution in [1.29, 1.82) is 0 Å². The first kappa shape index (κ1) is 33.6. The average molecular weight is 658 g/mol. The van der Waals surface area contributed by atoms with E-state index in [1.807, 2.05) is 60.7 Å². The summed E-state index contributed by atoms with van der Waals surface area (Å²) in [6.07, 6.45) is 12.8. The molecule has 0 bridgehead atoms. The molecule has 5 aromatic rings. The van der Waals surface area contributed by atoms with Crippen LogP contribution in [0.3, 0.4) is 0 Å². The number of nitrogens with zero attached hydrogens (tertiary/aromatic N) is 5. The van der Waals surface area contributed by atoms with Gasteiger partial charge in [-0.1, -0.05) is 106 Å². The fourth-order valence-electron chi connectivity index (χ4n) is 6.05. The molecule has 0 radical (unpaired) electrons. The Bertz CT molecular complexity index is 1850. The van der Waals surface area contributed by atoms with E-state index in [0.29, 0.717) is 40.4 Å². The quantitative estimate of drug-likeness (QED) is 0.0563. The summed E-state index contributed by atoms with van der Waals surface area (Å²) in [6, 6.07) is 30.0. The van der Waals surface area contributed by atoms with Gasteiger partial charge < -0.3 is 9.47 Å². The summed E-state index contributed by atoms with van der Waals surface area (Å²) in [5.41, 5.74) is 3.34. The number of unbranched alkanes of at least 4 members (excludes halogenated alkanes) is 9. The summed E-state index contributed by atoms with van der Waals surface area (Å²) < 4.78 is 13.1. The van der Waals surface area contributed by atoms with E-state index in [1.54, 1.807) is 47.1 Å². The Morgan fingerprint density at radius 2 is 1.39 bits per heavy atom. The van der Waals surface area contributed by atoms with Gasteiger partial charge in [-0.15, -0.1) is 5.10 Å². The largest absolute Gasteiger partial charge is 0.494 e. The molecule has 9 heteroatoms. The van der Waals surface area contributed by atoms with Gasteiger partial charge in [0.15, 0.2) is 6.04 Å². The second kappa shape index (κ2) is 16.7. The van der Waals surface area contributed by atoms with Crippen LogP contribution in [0.5, 0.6) is 11.5 Å². The molecular formula is C40H43N5O4. The highest BCUT2D eigenvalue weighted by molar-refractivity contribution is 6.23. The van der Waals surface area contributed by atoms with E-state index < -0.39 is 12.0 Å². The zero-order chi connectivity index (χ0) is 33.8. The molecule has 0 saturated carbocycles. The van der Waals surface area contributed by atoms with E-state index in [-0.39, 0.29) is 5.91 Å². The third-order valence-electron chi connectivity index (χ3n) is 8.73. The third-order valence-corrected chi connectivity index (χ3v) is 8.73. The van der Waals surface area contributed by atoms with E-state index in [0.717, 1.165) is 17.7 Å². The molecule has 49 heavy (non-hydrogen) atoms. The molecule has 1 aliphatic heterocycles. The van der Waals surface area contributed by atoms with E-state index in [2.05, 4.69) is 17.2 Å². The number of para-hydroxylation sites is 2. The van der Waals surface area contributed by atoms with Gasteiger partial charge >= 0.3 is 5.97 Å². The molecule has 1 aromatic heterocycles. The Kier molecular flexibility index (Phi) is 11.4. The molecule has 6 rings (SSSR count). The molecule has 0 aliphatic carbocycles. The number of carbonyl (C=O) groups excluding carboxylic acids is 2. The van der Waals surface area contributed by atoms with E-state index in [9.17, 15) is 9.59 Å². The first-order valence-electron chi connectivity index (χ1n) is 17.5. The Morgan fingerprint density at radius 3 is 2.08 bits per heavy atom. The molecule has 9 nitrogen and oxygen atoms in total. The molecule has 1 unspecified atom stereocenters. The Morgan fingerprint density at radius 1 is 0.735 bits per heavy atom. The van der Waals surface area contributed by atoms with Crippen molar-refractivity contribution in [3.8, 4) is 11.5 Å². The van der Waals surface area contributed by atoms with Gasteiger partial charge in [-0.3, -0.25) is 4.79 Å². The molecule has 1 atom stereocenters. The maximum atomic E-state index is 14.0. The van der Waals surface area contributed by atoms with Gasteiger partial charge in [0.25, 0.3) is 5.91 Å². The van der Waals surface area contributed by atoms with Crippen LogP contribution >= 0.6 is 0 Å². The number of rotatable bonds is 17. The van der Waals surface area contributed by atoms with Gasteiger partial charge in [-0.2, -0.15) is 10.1 Å². The third kappa shape index (κ3) is 8.41. The summed E-state index contributed by atoms with van der Waals surface area (Å²) >= 11 is 0. The van der Waals surface area contributed by atoms with Crippen molar-refractivity contribution in [3.63, 3.8) is 0 Å². The lowest BCUT2D eigenvalue weighted by atomic mass is 10.0. The molecule has 0 saturated heterocycles. The summed E-state index contributed by atoms with van der Waals surface area (Å²) in [6.45, 7) is 2.93. The summed E-state index contributed by atoms with van der Waals surface area (Å²) in [5.74, 6) is 0.460. The van der Waals surface area contributed by atoms with E-state index in [1.165, 1.54) is 62.8 Å². The number of esters is 1. The number of aromatic nitrogens is 3. The number of hydrogen-bond acceptors (Lipinski definition) is 7. The van der Waals surface area contributed by atoms with Crippen molar-refractivity contribution in [3.05, 3.63) is 114 Å². The summed E-state index contributed by atoms with van der Waals surface area (Å²) in [7, 11) is 0. The monoisotopic (exact) mass is 657 g/mol. The molecule has 252 valence electrons. The summed E-state index contributed by atoms with van der Waals surface area (Å²) in [5, 5.41) is 14.9. The van der Waals surface area contributed by atoms with Crippen LogP contribution < -0.4 is 14.5 Å². The van der Waals surface area contributed by atoms with Crippen molar-refractivity contribution in [1.82, 2.24) is 15.0 Å². The van der Waals surface area contributed by atoms with Gasteiger partial charge in [0.2, 0.25) is 0 Å². The van der Waals surface area contributed by atoms with Crippen LogP contribution in [-0.4, -0.2) is 39.2 Å². The Balaban J connectivity index is 1.14. The van der Waals surface area contributed by atoms with Gasteiger partial charge in [-0.05, 0) is 73.2 Å². The number of fused-ring (bicyclic) bond motifs is 1. The van der Waals surface area contributed by atoms with Gasteiger partial charge in [0.1, 0.15) is 22.7 Å². The fraction of sp³-hybridized carbons (Fsp3) is 0.325. The Hall–Kier alpha value is -5.31. The second-order valence-corrected chi connectivity index (χ2v) is 12.4. The lowest BCUT2D eigenvalue weighted by molar-refractivity contribution is -0.119. The van der Waals surface area contributed by atoms with Crippen molar-refractivity contribution in [2.75, 3.05) is 11.6 Å². The van der Waals surface area contributed by atoms with Crippen molar-refractivity contribution in [2.45, 2.75) is 77.2 Å². The zero-order valence-electron chi connectivity index (χ0n) is 28.0. The minimum atomic E-state index is -0.870. The molecule has 0 fully saturated rings. The van der Waals surface area contributed by atoms with Crippen LogP contribution in [0.15, 0.2) is 108 Å². The first-order chi connectivity index (χ1) is 24.1. The highest BCUT2D eigenvalue weighted by Crippen LogP contribution is 2.32. The number of amides is 1. The maximum Gasteiger partial charge on any atom is 0.343 e. The van der Waals surface area contributed by atoms with Crippen molar-refractivity contribution >= 4 is 34.3 Å². The predicted octanol–water partition coefficient (Wildman–Crippen LogP) is 8.94. The lowest BCUT2D eigenvalue weighted by Crippen LogP contribution is -2.31. The first-order valence-corrected chi connectivity index (χ1v) is 17.5.